The largest absolute Gasteiger partial charge is 0.507 e. The smallest absolute Gasteiger partial charge is 0.273 e. The number of halogens is 1. The summed E-state index contributed by atoms with van der Waals surface area (Å²) in [5.41, 5.74) is 2.85. The Morgan fingerprint density at radius 2 is 2.00 bits per heavy atom. The second-order valence-electron chi connectivity index (χ2n) is 8.54. The summed E-state index contributed by atoms with van der Waals surface area (Å²) in [6.07, 6.45) is 0.786. The van der Waals surface area contributed by atoms with Gasteiger partial charge in [0, 0.05) is 29.3 Å². The minimum absolute atomic E-state index is 0.0305. The second-order valence-corrected chi connectivity index (χ2v) is 8.98. The Bertz CT molecular complexity index is 1210. The van der Waals surface area contributed by atoms with Gasteiger partial charge in [0.1, 0.15) is 17.1 Å². The van der Waals surface area contributed by atoms with E-state index in [-0.39, 0.29) is 17.8 Å². The fourth-order valence-corrected chi connectivity index (χ4v) is 4.53. The lowest BCUT2D eigenvalue weighted by atomic mass is 9.95. The van der Waals surface area contributed by atoms with Crippen LogP contribution in [-0.4, -0.2) is 59.1 Å². The van der Waals surface area contributed by atoms with Crippen LogP contribution in [0.25, 0.3) is 11.3 Å². The van der Waals surface area contributed by atoms with Gasteiger partial charge in [0.25, 0.3) is 5.91 Å². The number of fused-ring (bicyclic) bond motifs is 1. The molecule has 2 heterocycles. The van der Waals surface area contributed by atoms with Crippen LogP contribution in [0.3, 0.4) is 0 Å². The third kappa shape index (κ3) is 4.94. The number of phenols is 1. The first-order valence-electron chi connectivity index (χ1n) is 11.7. The van der Waals surface area contributed by atoms with Gasteiger partial charge >= 0.3 is 0 Å². The second kappa shape index (κ2) is 10.6. The number of carbonyl (C=O) groups is 1. The first-order chi connectivity index (χ1) is 16.8. The van der Waals surface area contributed by atoms with Crippen LogP contribution in [0.2, 0.25) is 5.02 Å². The predicted molar refractivity (Wildman–Crippen MR) is 133 cm³/mol. The van der Waals surface area contributed by atoms with Gasteiger partial charge in [-0.25, -0.2) is 0 Å². The predicted octanol–water partition coefficient (Wildman–Crippen LogP) is 5.20. The topological polar surface area (TPSA) is 96.9 Å². The number of aromatic amines is 1. The fraction of sp³-hybridized carbons (Fsp3) is 0.385. The Kier molecular flexibility index (Phi) is 7.52. The molecular weight excluding hydrogens is 470 g/mol. The van der Waals surface area contributed by atoms with Crippen molar-refractivity contribution in [2.75, 3.05) is 26.9 Å². The summed E-state index contributed by atoms with van der Waals surface area (Å²) < 4.78 is 17.0. The average molecular weight is 500 g/mol. The summed E-state index contributed by atoms with van der Waals surface area (Å²) in [5, 5.41) is 18.3. The van der Waals surface area contributed by atoms with Gasteiger partial charge in [0.15, 0.2) is 11.5 Å². The standard InChI is InChI=1S/C26H30ClN3O5/c1-5-34-20-10-7-16(13-21(20)33-4)25-22-23(18-14-17(27)8-9-19(18)31)28-29-24(22)26(32)30(25)11-6-12-35-15(2)3/h7-10,13-15,25,31H,5-6,11-12H2,1-4H3,(H,28,29). The summed E-state index contributed by atoms with van der Waals surface area (Å²) in [7, 11) is 1.58. The van der Waals surface area contributed by atoms with E-state index in [0.717, 1.165) is 5.56 Å². The van der Waals surface area contributed by atoms with Crippen LogP contribution in [0.1, 0.15) is 54.8 Å². The van der Waals surface area contributed by atoms with Crippen LogP contribution in [0.5, 0.6) is 17.2 Å². The fourth-order valence-electron chi connectivity index (χ4n) is 4.36. The Morgan fingerprint density at radius 1 is 1.20 bits per heavy atom. The van der Waals surface area contributed by atoms with E-state index in [1.807, 2.05) is 39.0 Å². The van der Waals surface area contributed by atoms with Crippen molar-refractivity contribution in [1.29, 1.82) is 0 Å². The Morgan fingerprint density at radius 3 is 2.71 bits per heavy atom. The molecule has 0 saturated carbocycles. The number of nitrogens with one attached hydrogen (secondary N) is 1. The number of nitrogens with zero attached hydrogens (tertiary/aromatic N) is 2. The quantitative estimate of drug-likeness (QED) is 0.372. The van der Waals surface area contributed by atoms with Crippen molar-refractivity contribution in [3.63, 3.8) is 0 Å². The van der Waals surface area contributed by atoms with Crippen molar-refractivity contribution >= 4 is 17.5 Å². The third-order valence-electron chi connectivity index (χ3n) is 5.88. The Balaban J connectivity index is 1.80. The maximum atomic E-state index is 13.5. The average Bonchev–Trinajstić information content (AvgIpc) is 3.37. The minimum Gasteiger partial charge on any atom is -0.507 e. The van der Waals surface area contributed by atoms with Crippen molar-refractivity contribution in [3.05, 3.63) is 58.2 Å². The van der Waals surface area contributed by atoms with Gasteiger partial charge in [0.05, 0.1) is 25.9 Å². The summed E-state index contributed by atoms with van der Waals surface area (Å²) in [6.45, 7) is 7.39. The van der Waals surface area contributed by atoms with Crippen LogP contribution >= 0.6 is 11.6 Å². The summed E-state index contributed by atoms with van der Waals surface area (Å²) in [4.78, 5) is 15.3. The minimum atomic E-state index is -0.451. The molecule has 3 aromatic rings. The first kappa shape index (κ1) is 24.9. The van der Waals surface area contributed by atoms with Crippen LogP contribution in [0, 0.1) is 0 Å². The van der Waals surface area contributed by atoms with Crippen LogP contribution in [0.15, 0.2) is 36.4 Å². The maximum absolute atomic E-state index is 13.5. The van der Waals surface area contributed by atoms with Gasteiger partial charge in [-0.1, -0.05) is 17.7 Å². The number of carbonyl (C=O) groups excluding carboxylic acids is 1. The van der Waals surface area contributed by atoms with E-state index in [0.29, 0.717) is 65.2 Å². The van der Waals surface area contributed by atoms with E-state index >= 15 is 0 Å². The highest BCUT2D eigenvalue weighted by Crippen LogP contribution is 2.46. The van der Waals surface area contributed by atoms with E-state index in [9.17, 15) is 9.90 Å². The molecule has 4 rings (SSSR count). The zero-order chi connectivity index (χ0) is 25.1. The van der Waals surface area contributed by atoms with Gasteiger partial charge in [-0.15, -0.1) is 0 Å². The highest BCUT2D eigenvalue weighted by Gasteiger charge is 2.42. The van der Waals surface area contributed by atoms with Crippen molar-refractivity contribution in [2.24, 2.45) is 0 Å². The van der Waals surface area contributed by atoms with E-state index in [4.69, 9.17) is 25.8 Å². The molecule has 1 unspecified atom stereocenters. The van der Waals surface area contributed by atoms with Crippen molar-refractivity contribution < 1.29 is 24.1 Å². The van der Waals surface area contributed by atoms with Gasteiger partial charge < -0.3 is 24.2 Å². The molecule has 8 nitrogen and oxygen atoms in total. The lowest BCUT2D eigenvalue weighted by molar-refractivity contribution is 0.0601. The van der Waals surface area contributed by atoms with Gasteiger partial charge in [-0.2, -0.15) is 5.10 Å². The van der Waals surface area contributed by atoms with E-state index < -0.39 is 6.04 Å². The summed E-state index contributed by atoms with van der Waals surface area (Å²) >= 11 is 6.22. The Labute approximate surface area is 209 Å². The highest BCUT2D eigenvalue weighted by molar-refractivity contribution is 6.31. The zero-order valence-corrected chi connectivity index (χ0v) is 21.1. The molecule has 0 aliphatic carbocycles. The number of aromatic hydroxyl groups is 1. The number of benzene rings is 2. The zero-order valence-electron chi connectivity index (χ0n) is 20.3. The van der Waals surface area contributed by atoms with Gasteiger partial charge in [0.2, 0.25) is 0 Å². The lowest BCUT2D eigenvalue weighted by Gasteiger charge is -2.27. The van der Waals surface area contributed by atoms with Crippen molar-refractivity contribution in [1.82, 2.24) is 15.1 Å². The lowest BCUT2D eigenvalue weighted by Crippen LogP contribution is -2.31. The molecule has 186 valence electrons. The molecule has 1 atom stereocenters. The summed E-state index contributed by atoms with van der Waals surface area (Å²) in [6, 6.07) is 9.97. The maximum Gasteiger partial charge on any atom is 0.273 e. The number of rotatable bonds is 10. The number of hydrogen-bond donors (Lipinski definition) is 2. The van der Waals surface area contributed by atoms with Crippen LogP contribution in [0.4, 0.5) is 0 Å². The number of amides is 1. The molecule has 1 aliphatic heterocycles. The summed E-state index contributed by atoms with van der Waals surface area (Å²) in [5.74, 6) is 1.06. The molecule has 0 bridgehead atoms. The molecule has 2 N–H and O–H groups in total. The molecule has 0 radical (unpaired) electrons. The number of hydrogen-bond acceptors (Lipinski definition) is 6. The van der Waals surface area contributed by atoms with Crippen molar-refractivity contribution in [3.8, 4) is 28.5 Å². The Hall–Kier alpha value is -3.23. The van der Waals surface area contributed by atoms with Crippen LogP contribution < -0.4 is 9.47 Å². The molecule has 1 amide bonds. The van der Waals surface area contributed by atoms with E-state index in [2.05, 4.69) is 10.2 Å². The number of aromatic nitrogens is 2. The van der Waals surface area contributed by atoms with Gasteiger partial charge in [-0.3, -0.25) is 9.89 Å². The number of methoxy groups -OCH3 is 1. The number of H-pyrrole nitrogens is 1. The van der Waals surface area contributed by atoms with E-state index in [1.165, 1.54) is 6.07 Å². The SMILES string of the molecule is CCOc1ccc(C2c3c(-c4cc(Cl)ccc4O)n[nH]c3C(=O)N2CCCOC(C)C)cc1OC. The molecule has 9 heteroatoms. The molecule has 0 fully saturated rings. The normalized spacial score (nSPS) is 15.1. The molecule has 0 spiro atoms. The molecule has 2 aromatic carbocycles. The molecule has 0 saturated heterocycles. The monoisotopic (exact) mass is 499 g/mol. The molecule has 1 aliphatic rings. The number of phenolic OH excluding ortho intramolecular Hbond substituents is 1. The third-order valence-corrected chi connectivity index (χ3v) is 6.11. The van der Waals surface area contributed by atoms with Crippen molar-refractivity contribution in [2.45, 2.75) is 39.3 Å². The van der Waals surface area contributed by atoms with Crippen LogP contribution in [-0.2, 0) is 4.74 Å². The first-order valence-corrected chi connectivity index (χ1v) is 12.0. The highest BCUT2D eigenvalue weighted by atomic mass is 35.5. The number of ether oxygens (including phenoxy) is 3. The molecular formula is C26H30ClN3O5. The molecule has 1 aromatic heterocycles. The van der Waals surface area contributed by atoms with Gasteiger partial charge in [-0.05, 0) is 63.1 Å². The van der Waals surface area contributed by atoms with E-state index in [1.54, 1.807) is 24.1 Å². The molecule has 35 heavy (non-hydrogen) atoms.